The summed E-state index contributed by atoms with van der Waals surface area (Å²) >= 11 is 7.05. The van der Waals surface area contributed by atoms with Crippen LogP contribution in [-0.2, 0) is 14.4 Å². The van der Waals surface area contributed by atoms with Crippen LogP contribution in [0.4, 0.5) is 0 Å². The third kappa shape index (κ3) is 3.87. The topological polar surface area (TPSA) is 169 Å². The van der Waals surface area contributed by atoms with Crippen molar-refractivity contribution in [1.82, 2.24) is 15.6 Å². The van der Waals surface area contributed by atoms with E-state index in [1.165, 1.54) is 28.9 Å². The van der Waals surface area contributed by atoms with Gasteiger partial charge in [0.2, 0.25) is 5.91 Å². The molecule has 2 aliphatic heterocycles. The average molecular weight is 457 g/mol. The first kappa shape index (κ1) is 21.7. The van der Waals surface area contributed by atoms with E-state index < -0.39 is 46.6 Å². The van der Waals surface area contributed by atoms with E-state index in [1.54, 1.807) is 6.92 Å². The first-order chi connectivity index (χ1) is 14.0. The molecular formula is C17H17ClN4O7S. The van der Waals surface area contributed by atoms with Crippen molar-refractivity contribution in [3.8, 4) is 11.5 Å². The van der Waals surface area contributed by atoms with Crippen molar-refractivity contribution < 1.29 is 34.5 Å². The smallest absolute Gasteiger partial charge is 0.328 e. The Labute approximate surface area is 179 Å². The Bertz CT molecular complexity index is 972. The Morgan fingerprint density at radius 3 is 2.73 bits per heavy atom. The number of hydrogen-bond donors (Lipinski definition) is 5. The minimum atomic E-state index is -1.17. The lowest BCUT2D eigenvalue weighted by molar-refractivity contribution is -0.156. The molecule has 2 saturated heterocycles. The molecule has 160 valence electrons. The fourth-order valence-corrected chi connectivity index (χ4v) is 5.03. The third-order valence-corrected chi connectivity index (χ3v) is 6.54. The summed E-state index contributed by atoms with van der Waals surface area (Å²) in [7, 11) is 0. The quantitative estimate of drug-likeness (QED) is 0.174. The van der Waals surface area contributed by atoms with E-state index in [2.05, 4.69) is 15.8 Å². The second-order valence-corrected chi connectivity index (χ2v) is 8.81. The molecule has 2 heterocycles. The number of aromatic hydroxyl groups is 2. The Balaban J connectivity index is 1.56. The first-order valence-corrected chi connectivity index (χ1v) is 9.84. The van der Waals surface area contributed by atoms with Crippen LogP contribution >= 0.6 is 23.4 Å². The predicted octanol–water partition coefficient (Wildman–Crippen LogP) is 0.100. The Morgan fingerprint density at radius 2 is 2.10 bits per heavy atom. The Kier molecular flexibility index (Phi) is 5.81. The highest BCUT2D eigenvalue weighted by atomic mass is 35.5. The number of phenols is 2. The number of thioether (sulfide) groups is 1. The second kappa shape index (κ2) is 8.03. The molecular weight excluding hydrogens is 440 g/mol. The number of halogens is 1. The van der Waals surface area contributed by atoms with Crippen LogP contribution in [0.2, 0.25) is 5.02 Å². The first-order valence-electron chi connectivity index (χ1n) is 8.58. The number of aliphatic carboxylic acids is 1. The number of hydrogen-bond acceptors (Lipinski definition) is 8. The fraction of sp³-hybridized carbons (Fsp3) is 0.353. The van der Waals surface area contributed by atoms with E-state index in [9.17, 15) is 34.5 Å². The van der Waals surface area contributed by atoms with Crippen molar-refractivity contribution in [2.45, 2.75) is 29.5 Å². The van der Waals surface area contributed by atoms with Gasteiger partial charge in [0, 0.05) is 6.21 Å². The number of β-lactam (4-membered cyclic amide) rings is 1. The number of phenolic OH excluding ortho intramolecular Hbond substituents is 2. The van der Waals surface area contributed by atoms with Crippen LogP contribution in [0.5, 0.6) is 11.5 Å². The van der Waals surface area contributed by atoms with Gasteiger partial charge in [-0.2, -0.15) is 5.10 Å². The molecule has 0 saturated carbocycles. The van der Waals surface area contributed by atoms with Gasteiger partial charge in [-0.15, -0.1) is 11.8 Å². The van der Waals surface area contributed by atoms with Gasteiger partial charge in [0.05, 0.1) is 33.7 Å². The molecule has 0 aliphatic carbocycles. The summed E-state index contributed by atoms with van der Waals surface area (Å²) in [6, 6.07) is 1.16. The lowest BCUT2D eigenvalue weighted by atomic mass is 9.98. The van der Waals surface area contributed by atoms with E-state index in [-0.39, 0.29) is 28.3 Å². The van der Waals surface area contributed by atoms with Crippen molar-refractivity contribution in [2.75, 3.05) is 6.54 Å². The highest BCUT2D eigenvalue weighted by Gasteiger charge is 2.60. The minimum absolute atomic E-state index is 0.142. The maximum atomic E-state index is 12.1. The summed E-state index contributed by atoms with van der Waals surface area (Å²) in [5.41, 5.74) is 2.04. The van der Waals surface area contributed by atoms with Crippen molar-refractivity contribution in [1.29, 1.82) is 0 Å². The number of benzene rings is 1. The van der Waals surface area contributed by atoms with Gasteiger partial charge in [0.1, 0.15) is 6.04 Å². The van der Waals surface area contributed by atoms with E-state index >= 15 is 0 Å². The Morgan fingerprint density at radius 1 is 1.40 bits per heavy atom. The van der Waals surface area contributed by atoms with Crippen LogP contribution in [0.25, 0.3) is 0 Å². The highest BCUT2D eigenvalue weighted by Crippen LogP contribution is 2.50. The average Bonchev–Trinajstić information content (AvgIpc) is 2.91. The molecule has 11 nitrogen and oxygen atoms in total. The van der Waals surface area contributed by atoms with Gasteiger partial charge in [-0.1, -0.05) is 11.6 Å². The number of fused-ring (bicyclic) bond motifs is 1. The zero-order chi connectivity index (χ0) is 22.2. The Hall–Kier alpha value is -2.99. The molecule has 0 bridgehead atoms. The zero-order valence-corrected chi connectivity index (χ0v) is 17.0. The SMILES string of the molecule is C[C@@]1(/C=N/NC(=O)CNC(=O)c2ccc(O)c(O)c2Cl)S[C@@H]2CC(=O)N2[C@H]1C(=O)O. The molecule has 1 aromatic carbocycles. The van der Waals surface area contributed by atoms with Gasteiger partial charge in [0.15, 0.2) is 11.5 Å². The molecule has 0 unspecified atom stereocenters. The lowest BCUT2D eigenvalue weighted by Crippen LogP contribution is -2.57. The molecule has 0 aromatic heterocycles. The molecule has 2 aliphatic rings. The highest BCUT2D eigenvalue weighted by molar-refractivity contribution is 8.02. The number of carboxylic acids is 1. The number of nitrogens with one attached hydrogen (secondary N) is 2. The fourth-order valence-electron chi connectivity index (χ4n) is 3.17. The van der Waals surface area contributed by atoms with E-state index in [4.69, 9.17) is 11.6 Å². The molecule has 0 spiro atoms. The zero-order valence-electron chi connectivity index (χ0n) is 15.5. The number of nitrogens with zero attached hydrogens (tertiary/aromatic N) is 2. The van der Waals surface area contributed by atoms with E-state index in [0.29, 0.717) is 0 Å². The van der Waals surface area contributed by atoms with Crippen LogP contribution in [0.1, 0.15) is 23.7 Å². The molecule has 0 radical (unpaired) electrons. The lowest BCUT2D eigenvalue weighted by Gasteiger charge is -2.36. The molecule has 13 heteroatoms. The van der Waals surface area contributed by atoms with Crippen molar-refractivity contribution in [2.24, 2.45) is 5.10 Å². The van der Waals surface area contributed by atoms with Crippen LogP contribution in [0.15, 0.2) is 17.2 Å². The normalized spacial score (nSPS) is 25.0. The largest absolute Gasteiger partial charge is 0.504 e. The molecule has 5 N–H and O–H groups in total. The van der Waals surface area contributed by atoms with Crippen LogP contribution in [0.3, 0.4) is 0 Å². The van der Waals surface area contributed by atoms with Crippen LogP contribution in [0, 0.1) is 0 Å². The summed E-state index contributed by atoms with van der Waals surface area (Å²) in [6.07, 6.45) is 1.52. The minimum Gasteiger partial charge on any atom is -0.504 e. The molecule has 2 fully saturated rings. The summed E-state index contributed by atoms with van der Waals surface area (Å²) in [4.78, 5) is 48.6. The summed E-state index contributed by atoms with van der Waals surface area (Å²) < 4.78 is -1.03. The van der Waals surface area contributed by atoms with E-state index in [1.807, 2.05) is 0 Å². The monoisotopic (exact) mass is 456 g/mol. The maximum Gasteiger partial charge on any atom is 0.328 e. The summed E-state index contributed by atoms with van der Waals surface area (Å²) in [6.45, 7) is 1.13. The van der Waals surface area contributed by atoms with Crippen molar-refractivity contribution in [3.63, 3.8) is 0 Å². The number of carboxylic acid groups (broad SMARTS) is 1. The van der Waals surface area contributed by atoms with Crippen molar-refractivity contribution in [3.05, 3.63) is 22.7 Å². The molecule has 1 aromatic rings. The van der Waals surface area contributed by atoms with Crippen LogP contribution < -0.4 is 10.7 Å². The van der Waals surface area contributed by atoms with Gasteiger partial charge in [-0.25, -0.2) is 10.2 Å². The predicted molar refractivity (Wildman–Crippen MR) is 106 cm³/mol. The van der Waals surface area contributed by atoms with Gasteiger partial charge < -0.3 is 25.5 Å². The number of carbonyl (C=O) groups is 4. The number of rotatable bonds is 6. The second-order valence-electron chi connectivity index (χ2n) is 6.77. The molecule has 3 amide bonds. The summed E-state index contributed by atoms with van der Waals surface area (Å²) in [5.74, 6) is -4.02. The van der Waals surface area contributed by atoms with Crippen LogP contribution in [-0.4, -0.2) is 72.8 Å². The third-order valence-electron chi connectivity index (χ3n) is 4.65. The van der Waals surface area contributed by atoms with Crippen molar-refractivity contribution >= 4 is 53.3 Å². The molecule has 3 atom stereocenters. The van der Waals surface area contributed by atoms with E-state index in [0.717, 1.165) is 6.07 Å². The van der Waals surface area contributed by atoms with Gasteiger partial charge >= 0.3 is 5.97 Å². The molecule has 30 heavy (non-hydrogen) atoms. The number of amides is 3. The van der Waals surface area contributed by atoms with Gasteiger partial charge in [-0.05, 0) is 19.1 Å². The molecule has 3 rings (SSSR count). The standard InChI is InChI=1S/C17H17ClN4O7S/c1-17(14(16(28)29)22-10(25)4-11(22)30-17)6-20-21-9(24)5-19-15(27)7-2-3-8(23)13(26)12(7)18/h2-3,6,11,14,23,26H,4-5H2,1H3,(H,19,27)(H,21,24)(H,28,29)/b20-6+/t11-,14+,17+/m1/s1. The number of carbonyl (C=O) groups excluding carboxylic acids is 3. The maximum absolute atomic E-state index is 12.1. The van der Waals surface area contributed by atoms with Gasteiger partial charge in [-0.3, -0.25) is 14.4 Å². The summed E-state index contributed by atoms with van der Waals surface area (Å²) in [5, 5.41) is 33.8. The number of hydrazone groups is 1. The van der Waals surface area contributed by atoms with Gasteiger partial charge in [0.25, 0.3) is 11.8 Å².